The van der Waals surface area contributed by atoms with Crippen LogP contribution in [0.25, 0.3) is 0 Å². The van der Waals surface area contributed by atoms with Crippen LogP contribution in [0.4, 0.5) is 0 Å². The van der Waals surface area contributed by atoms with Crippen LogP contribution in [-0.2, 0) is 0 Å². The Kier molecular flexibility index (Phi) is 5.01. The lowest BCUT2D eigenvalue weighted by Crippen LogP contribution is -2.10. The van der Waals surface area contributed by atoms with Gasteiger partial charge in [-0.15, -0.1) is 0 Å². The lowest BCUT2D eigenvalue weighted by atomic mass is 9.93. The molecule has 0 spiro atoms. The Morgan fingerprint density at radius 1 is 1.25 bits per heavy atom. The van der Waals surface area contributed by atoms with E-state index in [2.05, 4.69) is 32.9 Å². The maximum atomic E-state index is 10.1. The van der Waals surface area contributed by atoms with Gasteiger partial charge in [0.1, 0.15) is 0 Å². The van der Waals surface area contributed by atoms with Crippen LogP contribution in [0, 0.1) is 0 Å². The van der Waals surface area contributed by atoms with E-state index in [1.165, 1.54) is 16.7 Å². The average molecular weight is 220 g/mol. The molecule has 16 heavy (non-hydrogen) atoms. The zero-order chi connectivity index (χ0) is 12.1. The topological polar surface area (TPSA) is 20.2 Å². The number of aliphatic hydroxyl groups excluding tert-OH is 1. The number of allylic oxidation sites excluding steroid dienone is 4. The quantitative estimate of drug-likeness (QED) is 0.608. The van der Waals surface area contributed by atoms with E-state index in [1.807, 2.05) is 6.92 Å². The molecule has 0 bridgehead atoms. The Balaban J connectivity index is 2.92. The van der Waals surface area contributed by atoms with Crippen molar-refractivity contribution in [3.63, 3.8) is 0 Å². The van der Waals surface area contributed by atoms with Crippen LogP contribution in [0.3, 0.4) is 0 Å². The summed E-state index contributed by atoms with van der Waals surface area (Å²) in [7, 11) is 0. The summed E-state index contributed by atoms with van der Waals surface area (Å²) in [6, 6.07) is 0. The van der Waals surface area contributed by atoms with Gasteiger partial charge in [0, 0.05) is 0 Å². The molecule has 0 heterocycles. The van der Waals surface area contributed by atoms with E-state index in [-0.39, 0.29) is 6.10 Å². The monoisotopic (exact) mass is 220 g/mol. The molecule has 0 fully saturated rings. The minimum Gasteiger partial charge on any atom is -0.388 e. The minimum absolute atomic E-state index is 0.295. The molecule has 0 amide bonds. The second-order valence-corrected chi connectivity index (χ2v) is 5.06. The first-order valence-electron chi connectivity index (χ1n) is 6.16. The molecule has 90 valence electrons. The van der Waals surface area contributed by atoms with Crippen molar-refractivity contribution >= 4 is 0 Å². The standard InChI is InChI=1S/C15H24O/c1-11(2)14-9-8-12(3)6-5-7-13(4)15(16)10-14/h7-8,15-16H,5-6,9-10H2,1-4H3/b12-8-,13-7-. The van der Waals surface area contributed by atoms with Gasteiger partial charge in [-0.25, -0.2) is 0 Å². The van der Waals surface area contributed by atoms with Gasteiger partial charge in [0.15, 0.2) is 0 Å². The van der Waals surface area contributed by atoms with Crippen molar-refractivity contribution in [1.29, 1.82) is 0 Å². The van der Waals surface area contributed by atoms with Crippen molar-refractivity contribution in [2.24, 2.45) is 0 Å². The van der Waals surface area contributed by atoms with Crippen LogP contribution in [0.1, 0.15) is 53.4 Å². The third-order valence-electron chi connectivity index (χ3n) is 3.37. The first-order chi connectivity index (χ1) is 7.50. The summed E-state index contributed by atoms with van der Waals surface area (Å²) in [4.78, 5) is 0. The van der Waals surface area contributed by atoms with Crippen molar-refractivity contribution in [3.05, 3.63) is 34.4 Å². The van der Waals surface area contributed by atoms with E-state index in [0.717, 1.165) is 31.3 Å². The molecule has 1 unspecified atom stereocenters. The summed E-state index contributed by atoms with van der Waals surface area (Å²) in [5.74, 6) is 0. The largest absolute Gasteiger partial charge is 0.388 e. The number of rotatable bonds is 0. The molecule has 0 saturated carbocycles. The van der Waals surface area contributed by atoms with Gasteiger partial charge < -0.3 is 5.11 Å². The van der Waals surface area contributed by atoms with E-state index in [4.69, 9.17) is 0 Å². The van der Waals surface area contributed by atoms with Gasteiger partial charge in [0.2, 0.25) is 0 Å². The van der Waals surface area contributed by atoms with Gasteiger partial charge >= 0.3 is 0 Å². The smallest absolute Gasteiger partial charge is 0.0784 e. The molecule has 1 atom stereocenters. The Morgan fingerprint density at radius 3 is 2.56 bits per heavy atom. The van der Waals surface area contributed by atoms with Crippen molar-refractivity contribution < 1.29 is 5.11 Å². The molecule has 1 aliphatic rings. The van der Waals surface area contributed by atoms with Crippen molar-refractivity contribution in [2.75, 3.05) is 0 Å². The Hall–Kier alpha value is -0.820. The summed E-state index contributed by atoms with van der Waals surface area (Å²) >= 11 is 0. The molecule has 1 aliphatic carbocycles. The van der Waals surface area contributed by atoms with E-state index in [1.54, 1.807) is 0 Å². The Labute approximate surface area is 99.6 Å². The molecular formula is C15H24O. The molecule has 1 N–H and O–H groups in total. The van der Waals surface area contributed by atoms with E-state index < -0.39 is 0 Å². The van der Waals surface area contributed by atoms with E-state index in [9.17, 15) is 5.11 Å². The highest BCUT2D eigenvalue weighted by molar-refractivity contribution is 5.21. The van der Waals surface area contributed by atoms with Crippen molar-refractivity contribution in [2.45, 2.75) is 59.5 Å². The zero-order valence-corrected chi connectivity index (χ0v) is 11.0. The fraction of sp³-hybridized carbons (Fsp3) is 0.600. The molecule has 0 aliphatic heterocycles. The highest BCUT2D eigenvalue weighted by Gasteiger charge is 2.11. The minimum atomic E-state index is -0.295. The van der Waals surface area contributed by atoms with Crippen LogP contribution in [0.5, 0.6) is 0 Å². The van der Waals surface area contributed by atoms with Crippen molar-refractivity contribution in [1.82, 2.24) is 0 Å². The van der Waals surface area contributed by atoms with Gasteiger partial charge in [0.25, 0.3) is 0 Å². The fourth-order valence-corrected chi connectivity index (χ4v) is 1.95. The van der Waals surface area contributed by atoms with Crippen LogP contribution >= 0.6 is 0 Å². The van der Waals surface area contributed by atoms with Crippen molar-refractivity contribution in [3.8, 4) is 0 Å². The molecule has 0 aromatic rings. The molecule has 0 aromatic heterocycles. The molecular weight excluding hydrogens is 196 g/mol. The molecule has 1 rings (SSSR count). The lowest BCUT2D eigenvalue weighted by Gasteiger charge is -2.17. The average Bonchev–Trinajstić information content (AvgIpc) is 2.22. The van der Waals surface area contributed by atoms with Crippen LogP contribution in [0.2, 0.25) is 0 Å². The number of aliphatic hydroxyl groups is 1. The van der Waals surface area contributed by atoms with Gasteiger partial charge in [-0.05, 0) is 59.0 Å². The van der Waals surface area contributed by atoms with Crippen LogP contribution < -0.4 is 0 Å². The zero-order valence-electron chi connectivity index (χ0n) is 11.0. The first-order valence-corrected chi connectivity index (χ1v) is 6.16. The maximum Gasteiger partial charge on any atom is 0.0784 e. The van der Waals surface area contributed by atoms with Gasteiger partial charge in [0.05, 0.1) is 6.10 Å². The van der Waals surface area contributed by atoms with Gasteiger partial charge in [-0.3, -0.25) is 0 Å². The first kappa shape index (κ1) is 13.2. The number of hydrogen-bond donors (Lipinski definition) is 1. The predicted molar refractivity (Wildman–Crippen MR) is 70.4 cm³/mol. The Morgan fingerprint density at radius 2 is 1.94 bits per heavy atom. The summed E-state index contributed by atoms with van der Waals surface area (Å²) in [5.41, 5.74) is 5.30. The summed E-state index contributed by atoms with van der Waals surface area (Å²) in [5, 5.41) is 10.1. The summed E-state index contributed by atoms with van der Waals surface area (Å²) in [6.07, 6.45) is 8.14. The van der Waals surface area contributed by atoms with Crippen LogP contribution in [-0.4, -0.2) is 11.2 Å². The molecule has 0 saturated heterocycles. The SMILES string of the molecule is CC(C)=C1C/C=C(/C)CC/C=C(/C)C(O)C1. The molecule has 1 nitrogen and oxygen atoms in total. The van der Waals surface area contributed by atoms with Gasteiger partial charge in [-0.2, -0.15) is 0 Å². The van der Waals surface area contributed by atoms with Gasteiger partial charge in [-0.1, -0.05) is 28.9 Å². The highest BCUT2D eigenvalue weighted by atomic mass is 16.3. The van der Waals surface area contributed by atoms with E-state index >= 15 is 0 Å². The summed E-state index contributed by atoms with van der Waals surface area (Å²) < 4.78 is 0. The predicted octanol–water partition coefficient (Wildman–Crippen LogP) is 4.15. The summed E-state index contributed by atoms with van der Waals surface area (Å²) in [6.45, 7) is 8.50. The Bertz CT molecular complexity index is 327. The third kappa shape index (κ3) is 3.97. The second-order valence-electron chi connectivity index (χ2n) is 5.06. The molecule has 1 heteroatoms. The maximum absolute atomic E-state index is 10.1. The highest BCUT2D eigenvalue weighted by Crippen LogP contribution is 2.23. The number of hydrogen-bond acceptors (Lipinski definition) is 1. The fourth-order valence-electron chi connectivity index (χ4n) is 1.95. The third-order valence-corrected chi connectivity index (χ3v) is 3.37. The second kappa shape index (κ2) is 6.05. The molecule has 0 radical (unpaired) electrons. The van der Waals surface area contributed by atoms with Crippen LogP contribution in [0.15, 0.2) is 34.4 Å². The normalized spacial score (nSPS) is 30.1. The lowest BCUT2D eigenvalue weighted by molar-refractivity contribution is 0.209. The molecule has 0 aromatic carbocycles. The van der Waals surface area contributed by atoms with E-state index in [0.29, 0.717) is 0 Å².